The molecule has 122 valence electrons. The predicted molar refractivity (Wildman–Crippen MR) is 88.6 cm³/mol. The number of aromatic nitrogens is 3. The van der Waals surface area contributed by atoms with Crippen molar-refractivity contribution in [2.45, 2.75) is 6.04 Å². The number of nitrogens with one attached hydrogen (secondary N) is 2. The normalized spacial score (nSPS) is 11.9. The molecule has 3 rings (SSSR count). The summed E-state index contributed by atoms with van der Waals surface area (Å²) in [5.41, 5.74) is 1.29. The van der Waals surface area contributed by atoms with Crippen molar-refractivity contribution in [2.75, 3.05) is 11.9 Å². The maximum Gasteiger partial charge on any atom is 0.272 e. The monoisotopic (exact) mass is 343 g/mol. The van der Waals surface area contributed by atoms with E-state index in [4.69, 9.17) is 0 Å². The Labute approximate surface area is 140 Å². The van der Waals surface area contributed by atoms with Gasteiger partial charge in [0.25, 0.3) is 11.8 Å². The summed E-state index contributed by atoms with van der Waals surface area (Å²) in [6.07, 6.45) is 2.86. The largest absolute Gasteiger partial charge is 0.394 e. The number of hydrogen-bond donors (Lipinski definition) is 3. The zero-order valence-corrected chi connectivity index (χ0v) is 13.2. The molecule has 3 N–H and O–H groups in total. The van der Waals surface area contributed by atoms with E-state index in [-0.39, 0.29) is 5.69 Å². The van der Waals surface area contributed by atoms with Gasteiger partial charge in [0.1, 0.15) is 11.7 Å². The summed E-state index contributed by atoms with van der Waals surface area (Å²) in [7, 11) is 0. The average Bonchev–Trinajstić information content (AvgIpc) is 3.11. The van der Waals surface area contributed by atoms with Crippen LogP contribution in [0.3, 0.4) is 0 Å². The molecule has 0 aliphatic rings. The first-order valence-corrected chi connectivity index (χ1v) is 7.89. The molecule has 0 aliphatic carbocycles. The molecule has 24 heavy (non-hydrogen) atoms. The number of benzene rings is 1. The van der Waals surface area contributed by atoms with Crippen LogP contribution in [0.5, 0.6) is 0 Å². The number of hydrogen-bond acceptors (Lipinski definition) is 7. The Morgan fingerprint density at radius 1 is 1.21 bits per heavy atom. The molecule has 0 bridgehead atoms. The first-order valence-electron chi connectivity index (χ1n) is 7.01. The Balaban J connectivity index is 1.72. The summed E-state index contributed by atoms with van der Waals surface area (Å²) in [4.78, 5) is 36.6. The van der Waals surface area contributed by atoms with Gasteiger partial charge in [0.15, 0.2) is 5.13 Å². The summed E-state index contributed by atoms with van der Waals surface area (Å²) in [5.74, 6) is -1.16. The highest BCUT2D eigenvalue weighted by Gasteiger charge is 2.22. The Kier molecular flexibility index (Phi) is 4.73. The molecule has 1 aromatic carbocycles. The standard InChI is InChI=1S/C15H13N5O3S/c21-8-12(14(23)20-15-16-5-6-24-15)19-13(22)11-7-17-9-3-1-2-4-10(9)18-11/h1-7,12,21H,8H2,(H,19,22)(H,16,20,23)/t12-/m0/s1. The van der Waals surface area contributed by atoms with E-state index < -0.39 is 24.5 Å². The Morgan fingerprint density at radius 2 is 2.00 bits per heavy atom. The lowest BCUT2D eigenvalue weighted by atomic mass is 10.2. The molecule has 3 aromatic rings. The zero-order valence-electron chi connectivity index (χ0n) is 12.3. The van der Waals surface area contributed by atoms with Crippen molar-refractivity contribution in [3.05, 3.63) is 47.7 Å². The zero-order chi connectivity index (χ0) is 16.9. The van der Waals surface area contributed by atoms with E-state index in [1.165, 1.54) is 23.7 Å². The molecule has 0 fully saturated rings. The Hall–Kier alpha value is -2.91. The Morgan fingerprint density at radius 3 is 2.71 bits per heavy atom. The highest BCUT2D eigenvalue weighted by molar-refractivity contribution is 7.13. The van der Waals surface area contributed by atoms with Gasteiger partial charge < -0.3 is 15.7 Å². The van der Waals surface area contributed by atoms with E-state index >= 15 is 0 Å². The highest BCUT2D eigenvalue weighted by Crippen LogP contribution is 2.11. The summed E-state index contributed by atoms with van der Waals surface area (Å²) in [5, 5.41) is 16.4. The van der Waals surface area contributed by atoms with E-state index in [2.05, 4.69) is 25.6 Å². The smallest absolute Gasteiger partial charge is 0.272 e. The van der Waals surface area contributed by atoms with Crippen molar-refractivity contribution < 1.29 is 14.7 Å². The summed E-state index contributed by atoms with van der Waals surface area (Å²) in [6, 6.07) is 6.01. The van der Waals surface area contributed by atoms with Crippen molar-refractivity contribution in [1.29, 1.82) is 0 Å². The van der Waals surface area contributed by atoms with Crippen LogP contribution in [-0.2, 0) is 4.79 Å². The number of aliphatic hydroxyl groups is 1. The fourth-order valence-electron chi connectivity index (χ4n) is 1.97. The molecule has 2 aromatic heterocycles. The van der Waals surface area contributed by atoms with E-state index in [1.54, 1.807) is 23.6 Å². The maximum atomic E-state index is 12.2. The number of amides is 2. The van der Waals surface area contributed by atoms with Crippen LogP contribution in [0.2, 0.25) is 0 Å². The average molecular weight is 343 g/mol. The lowest BCUT2D eigenvalue weighted by Crippen LogP contribution is -2.46. The minimum atomic E-state index is -1.12. The number of para-hydroxylation sites is 2. The predicted octanol–water partition coefficient (Wildman–Crippen LogP) is 0.816. The molecule has 2 amide bonds. The van der Waals surface area contributed by atoms with Gasteiger partial charge in [-0.05, 0) is 12.1 Å². The molecule has 0 saturated carbocycles. The van der Waals surface area contributed by atoms with Crippen LogP contribution in [0.4, 0.5) is 5.13 Å². The van der Waals surface area contributed by atoms with Gasteiger partial charge in [-0.1, -0.05) is 12.1 Å². The van der Waals surface area contributed by atoms with Gasteiger partial charge in [0, 0.05) is 11.6 Å². The second-order valence-corrected chi connectivity index (χ2v) is 5.67. The minimum Gasteiger partial charge on any atom is -0.394 e. The number of rotatable bonds is 5. The number of fused-ring (bicyclic) bond motifs is 1. The van der Waals surface area contributed by atoms with Gasteiger partial charge in [0.05, 0.1) is 23.8 Å². The van der Waals surface area contributed by atoms with Gasteiger partial charge in [0.2, 0.25) is 0 Å². The van der Waals surface area contributed by atoms with Crippen LogP contribution in [0, 0.1) is 0 Å². The molecule has 0 unspecified atom stereocenters. The van der Waals surface area contributed by atoms with E-state index in [0.717, 1.165) is 0 Å². The van der Waals surface area contributed by atoms with E-state index in [9.17, 15) is 14.7 Å². The van der Waals surface area contributed by atoms with Crippen LogP contribution >= 0.6 is 11.3 Å². The number of thiazole rings is 1. The molecule has 0 saturated heterocycles. The lowest BCUT2D eigenvalue weighted by Gasteiger charge is -2.14. The van der Waals surface area contributed by atoms with Crippen molar-refractivity contribution in [2.24, 2.45) is 0 Å². The van der Waals surface area contributed by atoms with Gasteiger partial charge in [-0.3, -0.25) is 14.6 Å². The molecule has 1 atom stereocenters. The van der Waals surface area contributed by atoms with Crippen molar-refractivity contribution in [3.63, 3.8) is 0 Å². The number of anilines is 1. The van der Waals surface area contributed by atoms with Gasteiger partial charge in [-0.2, -0.15) is 0 Å². The molecule has 8 nitrogen and oxygen atoms in total. The number of carbonyl (C=O) groups excluding carboxylic acids is 2. The first-order chi connectivity index (χ1) is 11.7. The van der Waals surface area contributed by atoms with E-state index in [1.807, 2.05) is 6.07 Å². The minimum absolute atomic E-state index is 0.0641. The van der Waals surface area contributed by atoms with Gasteiger partial charge in [-0.15, -0.1) is 11.3 Å². The molecule has 0 spiro atoms. The second-order valence-electron chi connectivity index (χ2n) is 4.78. The quantitative estimate of drug-likeness (QED) is 0.631. The number of carbonyl (C=O) groups is 2. The van der Waals surface area contributed by atoms with Gasteiger partial charge in [-0.25, -0.2) is 9.97 Å². The van der Waals surface area contributed by atoms with Gasteiger partial charge >= 0.3 is 0 Å². The molecule has 0 radical (unpaired) electrons. The topological polar surface area (TPSA) is 117 Å². The van der Waals surface area contributed by atoms with Crippen LogP contribution in [0.25, 0.3) is 11.0 Å². The Bertz CT molecular complexity index is 868. The summed E-state index contributed by atoms with van der Waals surface area (Å²) < 4.78 is 0. The summed E-state index contributed by atoms with van der Waals surface area (Å²) in [6.45, 7) is -0.552. The van der Waals surface area contributed by atoms with Crippen molar-refractivity contribution in [3.8, 4) is 0 Å². The SMILES string of the molecule is O=C(N[C@@H](CO)C(=O)Nc1nccs1)c1cnc2ccccc2n1. The molecular formula is C15H13N5O3S. The maximum absolute atomic E-state index is 12.2. The number of aliphatic hydroxyl groups excluding tert-OH is 1. The number of nitrogens with zero attached hydrogens (tertiary/aromatic N) is 3. The van der Waals surface area contributed by atoms with Crippen molar-refractivity contribution in [1.82, 2.24) is 20.3 Å². The first kappa shape index (κ1) is 16.0. The molecule has 2 heterocycles. The second kappa shape index (κ2) is 7.11. The summed E-state index contributed by atoms with van der Waals surface area (Å²) >= 11 is 1.24. The van der Waals surface area contributed by atoms with Crippen LogP contribution in [0.15, 0.2) is 42.0 Å². The highest BCUT2D eigenvalue weighted by atomic mass is 32.1. The molecular weight excluding hydrogens is 330 g/mol. The third-order valence-electron chi connectivity index (χ3n) is 3.15. The van der Waals surface area contributed by atoms with Crippen molar-refractivity contribution >= 4 is 39.3 Å². The lowest BCUT2D eigenvalue weighted by molar-refractivity contribution is -0.118. The van der Waals surface area contributed by atoms with Crippen LogP contribution < -0.4 is 10.6 Å². The van der Waals surface area contributed by atoms with Crippen LogP contribution in [0.1, 0.15) is 10.5 Å². The molecule has 9 heteroatoms. The third kappa shape index (κ3) is 3.53. The fraction of sp³-hybridized carbons (Fsp3) is 0.133. The van der Waals surface area contributed by atoms with Crippen LogP contribution in [-0.4, -0.2) is 44.5 Å². The van der Waals surface area contributed by atoms with E-state index in [0.29, 0.717) is 16.2 Å². The molecule has 0 aliphatic heterocycles. The third-order valence-corrected chi connectivity index (χ3v) is 3.84. The fourth-order valence-corrected chi connectivity index (χ4v) is 2.50.